The normalized spacial score (nSPS) is 12.9. The summed E-state index contributed by atoms with van der Waals surface area (Å²) in [6.45, 7) is 10.2. The van der Waals surface area contributed by atoms with Crippen LogP contribution in [0.4, 0.5) is 0 Å². The molecule has 0 heterocycles. The van der Waals surface area contributed by atoms with Gasteiger partial charge < -0.3 is 15.1 Å². The number of amides is 1. The van der Waals surface area contributed by atoms with Crippen molar-refractivity contribution < 1.29 is 4.79 Å². The monoisotopic (exact) mass is 215 g/mol. The summed E-state index contributed by atoms with van der Waals surface area (Å²) >= 11 is 0. The third-order valence-corrected chi connectivity index (χ3v) is 2.58. The Morgan fingerprint density at radius 1 is 1.27 bits per heavy atom. The van der Waals surface area contributed by atoms with Crippen molar-refractivity contribution in [2.75, 3.05) is 40.3 Å². The third-order valence-electron chi connectivity index (χ3n) is 2.58. The highest BCUT2D eigenvalue weighted by molar-refractivity contribution is 5.80. The molecule has 1 atom stereocenters. The average Bonchev–Trinajstić information content (AvgIpc) is 2.22. The lowest BCUT2D eigenvalue weighted by atomic mass is 10.3. The van der Waals surface area contributed by atoms with Crippen molar-refractivity contribution in [3.05, 3.63) is 0 Å². The van der Waals surface area contributed by atoms with Gasteiger partial charge in [0.1, 0.15) is 0 Å². The molecule has 0 spiro atoms. The molecule has 0 aromatic rings. The third kappa shape index (κ3) is 5.74. The van der Waals surface area contributed by atoms with Gasteiger partial charge in [-0.1, -0.05) is 13.8 Å². The topological polar surface area (TPSA) is 35.6 Å². The Kier molecular flexibility index (Phi) is 7.34. The average molecular weight is 215 g/mol. The Labute approximate surface area is 93.6 Å². The van der Waals surface area contributed by atoms with Crippen LogP contribution in [0.5, 0.6) is 0 Å². The lowest BCUT2D eigenvalue weighted by Gasteiger charge is -2.21. The van der Waals surface area contributed by atoms with Gasteiger partial charge in [-0.15, -0.1) is 0 Å². The van der Waals surface area contributed by atoms with E-state index in [9.17, 15) is 4.79 Å². The summed E-state index contributed by atoms with van der Waals surface area (Å²) in [5, 5.41) is 3.23. The number of carbonyl (C=O) groups is 1. The van der Waals surface area contributed by atoms with Gasteiger partial charge in [-0.05, 0) is 20.0 Å². The summed E-state index contributed by atoms with van der Waals surface area (Å²) in [6, 6.07) is -0.0874. The van der Waals surface area contributed by atoms with Crippen molar-refractivity contribution in [2.45, 2.75) is 26.8 Å². The van der Waals surface area contributed by atoms with E-state index in [4.69, 9.17) is 0 Å². The molecule has 0 bridgehead atoms. The number of hydrogen-bond acceptors (Lipinski definition) is 3. The van der Waals surface area contributed by atoms with Crippen molar-refractivity contribution in [1.82, 2.24) is 15.1 Å². The smallest absolute Gasteiger partial charge is 0.238 e. The number of likely N-dealkylation sites (N-methyl/N-ethyl adjacent to an activating group) is 2. The van der Waals surface area contributed by atoms with Crippen LogP contribution in [0.1, 0.15) is 20.8 Å². The Hall–Kier alpha value is -0.610. The van der Waals surface area contributed by atoms with Gasteiger partial charge in [-0.25, -0.2) is 0 Å². The molecule has 4 nitrogen and oxygen atoms in total. The summed E-state index contributed by atoms with van der Waals surface area (Å²) in [5.41, 5.74) is 0. The summed E-state index contributed by atoms with van der Waals surface area (Å²) in [7, 11) is 3.57. The van der Waals surface area contributed by atoms with E-state index in [0.29, 0.717) is 0 Å². The predicted molar refractivity (Wildman–Crippen MR) is 63.9 cm³/mol. The maximum Gasteiger partial charge on any atom is 0.238 e. The van der Waals surface area contributed by atoms with Gasteiger partial charge in [0.15, 0.2) is 0 Å². The van der Waals surface area contributed by atoms with E-state index >= 15 is 0 Å². The lowest BCUT2D eigenvalue weighted by molar-refractivity contribution is -0.130. The van der Waals surface area contributed by atoms with E-state index in [1.54, 1.807) is 19.0 Å². The number of carbonyl (C=O) groups excluding carboxylic acids is 1. The minimum Gasteiger partial charge on any atom is -0.347 e. The highest BCUT2D eigenvalue weighted by Gasteiger charge is 2.13. The van der Waals surface area contributed by atoms with Crippen LogP contribution in [0.25, 0.3) is 0 Å². The van der Waals surface area contributed by atoms with Gasteiger partial charge in [0.2, 0.25) is 5.91 Å². The molecule has 0 aliphatic carbocycles. The molecule has 1 unspecified atom stereocenters. The number of nitrogens with zero attached hydrogens (tertiary/aromatic N) is 2. The maximum absolute atomic E-state index is 11.5. The lowest BCUT2D eigenvalue weighted by Crippen LogP contribution is -2.44. The van der Waals surface area contributed by atoms with Crippen LogP contribution in [0.15, 0.2) is 0 Å². The van der Waals surface area contributed by atoms with Gasteiger partial charge in [0, 0.05) is 27.2 Å². The molecule has 0 aliphatic rings. The minimum atomic E-state index is -0.0874. The van der Waals surface area contributed by atoms with Crippen molar-refractivity contribution >= 4 is 5.91 Å². The fraction of sp³-hybridized carbons (Fsp3) is 0.909. The Balaban J connectivity index is 3.71. The highest BCUT2D eigenvalue weighted by atomic mass is 16.2. The number of hydrogen-bond donors (Lipinski definition) is 1. The SMILES string of the molecule is CCN(CC)CCNC(C)C(=O)N(C)C. The zero-order chi connectivity index (χ0) is 11.8. The molecule has 0 aliphatic heterocycles. The van der Waals surface area contributed by atoms with E-state index in [0.717, 1.165) is 26.2 Å². The van der Waals surface area contributed by atoms with E-state index in [1.165, 1.54) is 0 Å². The van der Waals surface area contributed by atoms with Crippen LogP contribution in [-0.4, -0.2) is 62.0 Å². The van der Waals surface area contributed by atoms with Crippen LogP contribution in [0.2, 0.25) is 0 Å². The summed E-state index contributed by atoms with van der Waals surface area (Å²) < 4.78 is 0. The molecule has 4 heteroatoms. The van der Waals surface area contributed by atoms with E-state index in [2.05, 4.69) is 24.1 Å². The fourth-order valence-corrected chi connectivity index (χ4v) is 1.45. The van der Waals surface area contributed by atoms with Gasteiger partial charge in [0.25, 0.3) is 0 Å². The molecule has 1 amide bonds. The molecule has 0 saturated heterocycles. The van der Waals surface area contributed by atoms with Crippen LogP contribution < -0.4 is 5.32 Å². The molecule has 0 saturated carbocycles. The molecule has 0 aromatic carbocycles. The molecule has 15 heavy (non-hydrogen) atoms. The summed E-state index contributed by atoms with van der Waals surface area (Å²) in [4.78, 5) is 15.5. The number of nitrogens with one attached hydrogen (secondary N) is 1. The molecule has 90 valence electrons. The molecule has 1 N–H and O–H groups in total. The zero-order valence-electron chi connectivity index (χ0n) is 10.7. The van der Waals surface area contributed by atoms with E-state index in [-0.39, 0.29) is 11.9 Å². The Bertz CT molecular complexity index is 179. The van der Waals surface area contributed by atoms with Gasteiger partial charge in [-0.2, -0.15) is 0 Å². The minimum absolute atomic E-state index is 0.0874. The maximum atomic E-state index is 11.5. The first-order valence-electron chi connectivity index (χ1n) is 5.69. The van der Waals surface area contributed by atoms with Crippen molar-refractivity contribution in [3.63, 3.8) is 0 Å². The molecule has 0 rings (SSSR count). The second-order valence-corrected chi connectivity index (χ2v) is 3.94. The van der Waals surface area contributed by atoms with Crippen molar-refractivity contribution in [2.24, 2.45) is 0 Å². The van der Waals surface area contributed by atoms with Gasteiger partial charge >= 0.3 is 0 Å². The fourth-order valence-electron chi connectivity index (χ4n) is 1.45. The first kappa shape index (κ1) is 14.4. The van der Waals surface area contributed by atoms with Crippen LogP contribution in [0, 0.1) is 0 Å². The zero-order valence-corrected chi connectivity index (χ0v) is 10.7. The first-order chi connectivity index (χ1) is 7.02. The van der Waals surface area contributed by atoms with E-state index in [1.807, 2.05) is 6.92 Å². The Morgan fingerprint density at radius 3 is 2.20 bits per heavy atom. The van der Waals surface area contributed by atoms with Crippen LogP contribution >= 0.6 is 0 Å². The molecule has 0 radical (unpaired) electrons. The quantitative estimate of drug-likeness (QED) is 0.667. The second kappa shape index (κ2) is 7.65. The summed E-state index contributed by atoms with van der Waals surface area (Å²) in [5.74, 6) is 0.134. The van der Waals surface area contributed by atoms with Crippen LogP contribution in [0.3, 0.4) is 0 Å². The standard InChI is InChI=1S/C11H25N3O/c1-6-14(7-2)9-8-12-10(3)11(15)13(4)5/h10,12H,6-9H2,1-5H3. The molecular weight excluding hydrogens is 190 g/mol. The van der Waals surface area contributed by atoms with Crippen molar-refractivity contribution in [1.29, 1.82) is 0 Å². The predicted octanol–water partition coefficient (Wildman–Crippen LogP) is 0.395. The number of rotatable bonds is 7. The largest absolute Gasteiger partial charge is 0.347 e. The van der Waals surface area contributed by atoms with Crippen LogP contribution in [-0.2, 0) is 4.79 Å². The second-order valence-electron chi connectivity index (χ2n) is 3.94. The Morgan fingerprint density at radius 2 is 1.80 bits per heavy atom. The van der Waals surface area contributed by atoms with E-state index < -0.39 is 0 Å². The van der Waals surface area contributed by atoms with Gasteiger partial charge in [-0.3, -0.25) is 4.79 Å². The molecular formula is C11H25N3O. The summed E-state index contributed by atoms with van der Waals surface area (Å²) in [6.07, 6.45) is 0. The molecule has 0 fully saturated rings. The van der Waals surface area contributed by atoms with Gasteiger partial charge in [0.05, 0.1) is 6.04 Å². The van der Waals surface area contributed by atoms with Crippen molar-refractivity contribution in [3.8, 4) is 0 Å². The first-order valence-corrected chi connectivity index (χ1v) is 5.69. The molecule has 0 aromatic heterocycles. The highest BCUT2D eigenvalue weighted by Crippen LogP contribution is 1.89.